The Bertz CT molecular complexity index is 3610. The number of aliphatic imine (C=N–C) groups is 1. The van der Waals surface area contributed by atoms with Crippen LogP contribution in [0.5, 0.6) is 5.75 Å². The number of hydrogen-bond acceptors (Lipinski definition) is 20. The summed E-state index contributed by atoms with van der Waals surface area (Å²) in [5.74, 6) is -17.7. The number of nitrogens with one attached hydrogen (secondary N) is 11. The number of carboxylic acids is 2. The fourth-order valence-electron chi connectivity index (χ4n) is 12.6. The molecule has 111 heavy (non-hydrogen) atoms. The van der Waals surface area contributed by atoms with Gasteiger partial charge in [0, 0.05) is 38.9 Å². The summed E-state index contributed by atoms with van der Waals surface area (Å²) in [6, 6.07) is -3.54. The van der Waals surface area contributed by atoms with Crippen molar-refractivity contribution >= 4 is 101 Å². The monoisotopic (exact) mass is 1560 g/mol. The van der Waals surface area contributed by atoms with Gasteiger partial charge in [-0.1, -0.05) is 97.9 Å². The van der Waals surface area contributed by atoms with E-state index in [0.29, 0.717) is 17.5 Å². The molecular weight excluding hydrogens is 1450 g/mol. The molecule has 38 nitrogen and oxygen atoms in total. The maximum absolute atomic E-state index is 14.7. The van der Waals surface area contributed by atoms with Crippen LogP contribution in [0.3, 0.4) is 0 Å². The number of nitrogens with zero attached hydrogens (tertiary/aromatic N) is 3. The highest BCUT2D eigenvalue weighted by Gasteiger charge is 2.44. The van der Waals surface area contributed by atoms with Gasteiger partial charge in [0.15, 0.2) is 5.96 Å². The van der Waals surface area contributed by atoms with Crippen LogP contribution >= 0.6 is 0 Å². The molecule has 38 heteroatoms. The molecule has 23 N–H and O–H groups in total. The van der Waals surface area contributed by atoms with Crippen molar-refractivity contribution in [3.63, 3.8) is 0 Å². The van der Waals surface area contributed by atoms with Crippen molar-refractivity contribution in [2.75, 3.05) is 32.7 Å². The Morgan fingerprint density at radius 3 is 1.46 bits per heavy atom. The van der Waals surface area contributed by atoms with E-state index in [-0.39, 0.29) is 108 Å². The zero-order valence-electron chi connectivity index (χ0n) is 64.2. The van der Waals surface area contributed by atoms with Gasteiger partial charge in [0.2, 0.25) is 82.7 Å². The maximum atomic E-state index is 14.7. The summed E-state index contributed by atoms with van der Waals surface area (Å²) < 4.78 is 0. The first-order chi connectivity index (χ1) is 52.2. The minimum absolute atomic E-state index is 0.00455. The minimum Gasteiger partial charge on any atom is -0.508 e. The molecule has 2 aliphatic heterocycles. The Balaban J connectivity index is 1.54. The Labute approximate surface area is 643 Å². The molecule has 0 radical (unpaired) electrons. The average molecular weight is 1560 g/mol. The van der Waals surface area contributed by atoms with Gasteiger partial charge >= 0.3 is 11.9 Å². The molecule has 0 unspecified atom stereocenters. The zero-order chi connectivity index (χ0) is 83.1. The van der Waals surface area contributed by atoms with Gasteiger partial charge in [-0.15, -0.1) is 0 Å². The van der Waals surface area contributed by atoms with E-state index < -0.39 is 211 Å². The summed E-state index contributed by atoms with van der Waals surface area (Å²) in [5.41, 5.74) is 23.2. The fourth-order valence-corrected chi connectivity index (χ4v) is 12.6. The van der Waals surface area contributed by atoms with Crippen molar-refractivity contribution in [2.45, 2.75) is 224 Å². The number of amides is 14. The quantitative estimate of drug-likeness (QED) is 0.0170. The van der Waals surface area contributed by atoms with Gasteiger partial charge in [0.05, 0.1) is 25.6 Å². The number of aliphatic carboxylic acids is 2. The number of phenolic OH excluding ortho intramolecular Hbond substituents is 1. The molecule has 14 amide bonds. The molecule has 2 aliphatic rings. The first kappa shape index (κ1) is 92.3. The van der Waals surface area contributed by atoms with Crippen LogP contribution in [0.4, 0.5) is 0 Å². The van der Waals surface area contributed by atoms with Gasteiger partial charge in [0.1, 0.15) is 78.3 Å². The van der Waals surface area contributed by atoms with Crippen LogP contribution in [0.1, 0.15) is 144 Å². The summed E-state index contributed by atoms with van der Waals surface area (Å²) in [6.45, 7) is 13.3. The minimum atomic E-state index is -1.92. The van der Waals surface area contributed by atoms with Crippen LogP contribution < -0.4 is 81.4 Å². The topological polar surface area (TPSA) is 609 Å². The Morgan fingerprint density at radius 1 is 0.495 bits per heavy atom. The average Bonchev–Trinajstić information content (AvgIpc) is 1.52. The van der Waals surface area contributed by atoms with Crippen LogP contribution in [0, 0.1) is 23.7 Å². The number of carbonyl (C=O) groups is 16. The van der Waals surface area contributed by atoms with Gasteiger partial charge in [-0.3, -0.25) is 76.9 Å². The fraction of sp³-hybridized carbons (Fsp3) is 0.603. The highest BCUT2D eigenvalue weighted by atomic mass is 16.4. The van der Waals surface area contributed by atoms with Crippen LogP contribution in [0.2, 0.25) is 0 Å². The number of phenols is 1. The van der Waals surface area contributed by atoms with E-state index in [0.717, 1.165) is 11.8 Å². The van der Waals surface area contributed by atoms with Crippen molar-refractivity contribution in [3.8, 4) is 5.75 Å². The van der Waals surface area contributed by atoms with Gasteiger partial charge in [-0.25, -0.2) is 4.79 Å². The predicted molar refractivity (Wildman–Crippen MR) is 401 cm³/mol. The molecule has 2 aromatic rings. The van der Waals surface area contributed by atoms with E-state index in [1.54, 1.807) is 71.9 Å². The largest absolute Gasteiger partial charge is 0.508 e. The van der Waals surface area contributed by atoms with E-state index >= 15 is 0 Å². The Kier molecular flexibility index (Phi) is 37.6. The molecular formula is C73H112N18O20. The molecule has 2 saturated heterocycles. The van der Waals surface area contributed by atoms with Crippen LogP contribution in [-0.4, -0.2) is 242 Å². The van der Waals surface area contributed by atoms with E-state index in [1.807, 2.05) is 13.8 Å². The number of aliphatic hydroxyl groups is 1. The number of likely N-dealkylation sites (tertiary alicyclic amines) is 2. The highest BCUT2D eigenvalue weighted by molar-refractivity contribution is 6.01. The lowest BCUT2D eigenvalue weighted by molar-refractivity contribution is -0.144. The smallest absolute Gasteiger partial charge is 0.326 e. The summed E-state index contributed by atoms with van der Waals surface area (Å²) >= 11 is 0. The van der Waals surface area contributed by atoms with E-state index in [2.05, 4.69) is 63.5 Å². The second kappa shape index (κ2) is 45.2. The number of carbonyl (C=O) groups excluding carboxylic acids is 14. The number of primary amides is 1. The highest BCUT2D eigenvalue weighted by Crippen LogP contribution is 2.24. The number of carboxylic acid groups (broad SMARTS) is 2. The Hall–Kier alpha value is -11.1. The number of benzene rings is 2. The lowest BCUT2D eigenvalue weighted by atomic mass is 9.98. The molecule has 2 heterocycles. The zero-order valence-corrected chi connectivity index (χ0v) is 64.2. The van der Waals surface area contributed by atoms with Crippen molar-refractivity contribution in [1.82, 2.24) is 68.3 Å². The molecule has 13 atom stereocenters. The first-order valence-electron chi connectivity index (χ1n) is 37.1. The third kappa shape index (κ3) is 30.7. The van der Waals surface area contributed by atoms with Crippen molar-refractivity contribution in [1.29, 1.82) is 0 Å². The molecule has 0 bridgehead atoms. The number of aromatic hydroxyl groups is 1. The van der Waals surface area contributed by atoms with Gasteiger partial charge in [0.25, 0.3) is 0 Å². The van der Waals surface area contributed by atoms with Crippen molar-refractivity contribution < 1.29 is 97.1 Å². The third-order valence-electron chi connectivity index (χ3n) is 18.3. The van der Waals surface area contributed by atoms with E-state index in [1.165, 1.54) is 29.2 Å². The number of nitrogens with two attached hydrogens (primary N) is 4. The lowest BCUT2D eigenvalue weighted by Crippen LogP contribution is -2.62. The molecule has 0 aliphatic carbocycles. The normalized spacial score (nSPS) is 17.0. The standard InChI is InChI=1S/C73H112N18O20/c1-37(2)30-47(80-55(95)35-74)61(99)79-36-56(96)81-50(32-43-21-23-44(93)24-22-43)71(109)91-29-15-19-52(91)65(103)87-59(40(7)8)68(106)88-58(39(5)6)67(105)82-45(18-13-27-78-73(76)77)62(100)83-46(25-26-57(97)98)70(108)90-28-14-20-53(90)66(104)89-60(41(9)92)69(107)85-49(34-54(75)94)64(102)84-48(31-38(3)4)63(101)86-51(72(110)111)33-42-16-11-10-12-17-42/h10-12,16-17,21-24,37-41,45-53,58-60,92-93H,13-15,18-20,25-36,74H2,1-9H3,(H2,75,94)(H,79,99)(H,80,95)(H,81,96)(H,82,105)(H,83,100)(H,84,102)(H,85,107)(H,86,101)(H,87,103)(H,88,106)(H,89,104)(H,97,98)(H,110,111)(H4,76,77,78)/t41-,45+,46+,47+,48+,49+,50+,51+,52+,53+,58+,59+,60+/m1/s1. The second-order valence-electron chi connectivity index (χ2n) is 29.2. The summed E-state index contributed by atoms with van der Waals surface area (Å²) in [5, 5.41) is 68.5. The maximum Gasteiger partial charge on any atom is 0.326 e. The number of hydrogen-bond donors (Lipinski definition) is 19. The number of aliphatic hydroxyl groups excluding tert-OH is 1. The summed E-state index contributed by atoms with van der Waals surface area (Å²) in [6.07, 6.45) is -3.73. The summed E-state index contributed by atoms with van der Waals surface area (Å²) in [7, 11) is 0. The van der Waals surface area contributed by atoms with Gasteiger partial charge < -0.3 is 112 Å². The molecule has 4 rings (SSSR count). The van der Waals surface area contributed by atoms with Crippen LogP contribution in [0.15, 0.2) is 59.6 Å². The van der Waals surface area contributed by atoms with Crippen molar-refractivity contribution in [3.05, 3.63) is 65.7 Å². The molecule has 0 aromatic heterocycles. The second-order valence-corrected chi connectivity index (χ2v) is 29.2. The first-order valence-corrected chi connectivity index (χ1v) is 37.1. The van der Waals surface area contributed by atoms with Crippen LogP contribution in [-0.2, 0) is 89.6 Å². The van der Waals surface area contributed by atoms with Crippen molar-refractivity contribution in [2.24, 2.45) is 51.6 Å². The molecule has 0 saturated carbocycles. The number of guanidine groups is 1. The van der Waals surface area contributed by atoms with Crippen LogP contribution in [0.25, 0.3) is 0 Å². The Morgan fingerprint density at radius 2 is 0.946 bits per heavy atom. The van der Waals surface area contributed by atoms with Gasteiger partial charge in [-0.05, 0) is 112 Å². The molecule has 0 spiro atoms. The van der Waals surface area contributed by atoms with Gasteiger partial charge in [-0.2, -0.15) is 0 Å². The SMILES string of the molecule is CC(C)C[C@H](NC(=O)CN)C(=O)NCC(=O)N[C@@H](Cc1ccc(O)cc1)C(=O)N1CCC[C@H]1C(=O)N[C@H](C(=O)N[C@H](C(=O)N[C@@H](CCCN=C(N)N)C(=O)N[C@@H](CCC(=O)O)C(=O)N1CCC[C@H]1C(=O)N[C@H](C(=O)N[C@@H](CC(N)=O)C(=O)N[C@@H](CC(C)C)C(=O)N[C@@H](Cc1ccccc1)C(=O)O)[C@@H](C)O)C(C)C)C(C)C. The van der Waals surface area contributed by atoms with E-state index in [4.69, 9.17) is 22.9 Å². The lowest BCUT2D eigenvalue weighted by Gasteiger charge is -2.32. The third-order valence-corrected chi connectivity index (χ3v) is 18.3. The summed E-state index contributed by atoms with van der Waals surface area (Å²) in [4.78, 5) is 225. The predicted octanol–water partition coefficient (Wildman–Crippen LogP) is -4.25. The molecule has 2 fully saturated rings. The number of rotatable bonds is 45. The molecule has 614 valence electrons. The molecule has 2 aromatic carbocycles. The van der Waals surface area contributed by atoms with E-state index in [9.17, 15) is 97.1 Å².